The van der Waals surface area contributed by atoms with Crippen LogP contribution >= 0.6 is 0 Å². The number of rotatable bonds is 3. The van der Waals surface area contributed by atoms with Gasteiger partial charge in [0.1, 0.15) is 20.1 Å². The van der Waals surface area contributed by atoms with Crippen LogP contribution in [0.15, 0.2) is 0 Å². The van der Waals surface area contributed by atoms with Crippen LogP contribution in [0.5, 0.6) is 0 Å². The summed E-state index contributed by atoms with van der Waals surface area (Å²) in [5, 5.41) is 9.21. The van der Waals surface area contributed by atoms with Crippen molar-refractivity contribution in [2.45, 2.75) is 30.9 Å². The average Bonchev–Trinajstić information content (AvgIpc) is 2.59. The van der Waals surface area contributed by atoms with Crippen molar-refractivity contribution in [3.8, 4) is 0 Å². The first-order valence-corrected chi connectivity index (χ1v) is 4.56. The molecular weight excluding hydrogens is 173 g/mol. The van der Waals surface area contributed by atoms with Crippen molar-refractivity contribution in [1.82, 2.24) is 5.48 Å². The van der Waals surface area contributed by atoms with Crippen molar-refractivity contribution in [2.24, 2.45) is 0 Å². The normalized spacial score (nSPS) is 48.6. The van der Waals surface area contributed by atoms with Gasteiger partial charge in [0.25, 0.3) is 0 Å². The Hall–Kier alpha value is -0.135. The minimum absolute atomic E-state index is 0.0371. The van der Waals surface area contributed by atoms with Gasteiger partial charge in [0.15, 0.2) is 5.72 Å². The predicted molar refractivity (Wildman–Crippen MR) is 46.7 cm³/mol. The van der Waals surface area contributed by atoms with Gasteiger partial charge in [0.05, 0.1) is 12.6 Å². The maximum atomic E-state index is 9.21. The molecule has 13 heavy (non-hydrogen) atoms. The van der Waals surface area contributed by atoms with Crippen LogP contribution in [0.1, 0.15) is 6.92 Å². The summed E-state index contributed by atoms with van der Waals surface area (Å²) in [5.74, 6) is 0. The molecule has 2 bridgehead atoms. The van der Waals surface area contributed by atoms with Gasteiger partial charge < -0.3 is 14.6 Å². The van der Waals surface area contributed by atoms with E-state index in [0.717, 1.165) is 0 Å². The molecule has 74 valence electrons. The zero-order valence-electron chi connectivity index (χ0n) is 7.82. The minimum atomic E-state index is -0.847. The molecule has 2 saturated heterocycles. The van der Waals surface area contributed by atoms with Gasteiger partial charge in [-0.2, -0.15) is 5.48 Å². The summed E-state index contributed by atoms with van der Waals surface area (Å²) in [6.45, 7) is 2.36. The summed E-state index contributed by atoms with van der Waals surface area (Å²) in [7, 11) is 1.91. The Morgan fingerprint density at radius 3 is 3.00 bits per heavy atom. The fourth-order valence-corrected chi connectivity index (χ4v) is 1.95. The molecule has 2 rings (SSSR count). The molecule has 0 spiro atoms. The average molecular weight is 187 g/mol. The van der Waals surface area contributed by atoms with E-state index >= 15 is 0 Å². The molecule has 2 heterocycles. The molecule has 0 radical (unpaired) electrons. The number of aliphatic hydroxyl groups is 1. The second-order valence-electron chi connectivity index (χ2n) is 3.43. The van der Waals surface area contributed by atoms with E-state index in [1.165, 1.54) is 0 Å². The molecule has 0 aromatic heterocycles. The third-order valence-electron chi connectivity index (χ3n) is 2.57. The quantitative estimate of drug-likeness (QED) is 0.499. The second-order valence-corrected chi connectivity index (χ2v) is 3.43. The summed E-state index contributed by atoms with van der Waals surface area (Å²) >= 11 is 0. The Bertz CT molecular complexity index is 205. The van der Waals surface area contributed by atoms with Gasteiger partial charge >= 0.3 is 0 Å². The molecule has 2 fully saturated rings. The number of aliphatic hydroxyl groups excluding tert-OH is 1. The van der Waals surface area contributed by atoms with Crippen LogP contribution in [-0.2, 0) is 14.3 Å². The molecule has 6 heteroatoms. The van der Waals surface area contributed by atoms with Crippen LogP contribution in [-0.4, -0.2) is 50.1 Å². The fourth-order valence-electron chi connectivity index (χ4n) is 1.95. The molecule has 0 aromatic carbocycles. The molecule has 0 saturated carbocycles. The van der Waals surface area contributed by atoms with Crippen molar-refractivity contribution in [2.75, 3.05) is 13.2 Å². The lowest BCUT2D eigenvalue weighted by Gasteiger charge is -2.28. The standard InChI is InChI=1S/C7H14BNO4/c1-2-11-5-4-6(8)12-7(5,3-10)9-13-4/h4-6,9-10H,2-3,8H2,1H3/t4?,5?,6-,7-/m1/s1. The zero-order valence-corrected chi connectivity index (χ0v) is 7.82. The lowest BCUT2D eigenvalue weighted by atomic mass is 9.93. The Balaban J connectivity index is 2.16. The van der Waals surface area contributed by atoms with Crippen molar-refractivity contribution in [3.63, 3.8) is 0 Å². The van der Waals surface area contributed by atoms with E-state index in [2.05, 4.69) is 5.48 Å². The largest absolute Gasteiger partial charge is 0.392 e. The third kappa shape index (κ3) is 1.21. The molecule has 4 atom stereocenters. The highest BCUT2D eigenvalue weighted by atomic mass is 16.8. The summed E-state index contributed by atoms with van der Waals surface area (Å²) in [6, 6.07) is -0.0371. The summed E-state index contributed by atoms with van der Waals surface area (Å²) in [6.07, 6.45) is -0.329. The molecule has 2 unspecified atom stereocenters. The maximum absolute atomic E-state index is 9.21. The topological polar surface area (TPSA) is 60.0 Å². The van der Waals surface area contributed by atoms with Crippen LogP contribution < -0.4 is 5.48 Å². The molecule has 0 aromatic rings. The highest BCUT2D eigenvalue weighted by Crippen LogP contribution is 2.36. The van der Waals surface area contributed by atoms with Crippen LogP contribution in [0, 0.1) is 0 Å². The molecule has 0 amide bonds. The van der Waals surface area contributed by atoms with Crippen molar-refractivity contribution >= 4 is 7.85 Å². The number of hydrogen-bond donors (Lipinski definition) is 2. The lowest BCUT2D eigenvalue weighted by Crippen LogP contribution is -2.52. The molecular formula is C7H14BNO4. The number of ether oxygens (including phenoxy) is 2. The van der Waals surface area contributed by atoms with Crippen molar-refractivity contribution in [3.05, 3.63) is 0 Å². The van der Waals surface area contributed by atoms with Gasteiger partial charge in [-0.3, -0.25) is 4.84 Å². The highest BCUT2D eigenvalue weighted by Gasteiger charge is 2.60. The predicted octanol–water partition coefficient (Wildman–Crippen LogP) is -2.03. The van der Waals surface area contributed by atoms with E-state index in [1.54, 1.807) is 0 Å². The Morgan fingerprint density at radius 1 is 1.69 bits per heavy atom. The first-order valence-electron chi connectivity index (χ1n) is 4.56. The van der Waals surface area contributed by atoms with Gasteiger partial charge in [-0.05, 0) is 6.92 Å². The molecule has 5 nitrogen and oxygen atoms in total. The Labute approximate surface area is 77.7 Å². The molecule has 0 aliphatic carbocycles. The van der Waals surface area contributed by atoms with E-state index in [1.807, 2.05) is 14.8 Å². The second kappa shape index (κ2) is 3.22. The van der Waals surface area contributed by atoms with E-state index in [-0.39, 0.29) is 24.8 Å². The van der Waals surface area contributed by atoms with E-state index in [9.17, 15) is 5.11 Å². The Kier molecular flexibility index (Phi) is 2.33. The number of fused-ring (bicyclic) bond motifs is 2. The third-order valence-corrected chi connectivity index (χ3v) is 2.57. The van der Waals surface area contributed by atoms with E-state index < -0.39 is 5.72 Å². The van der Waals surface area contributed by atoms with E-state index in [4.69, 9.17) is 14.3 Å². The van der Waals surface area contributed by atoms with Gasteiger partial charge in [-0.25, -0.2) is 0 Å². The smallest absolute Gasteiger partial charge is 0.192 e. The van der Waals surface area contributed by atoms with Crippen molar-refractivity contribution < 1.29 is 19.4 Å². The zero-order chi connectivity index (χ0) is 9.47. The van der Waals surface area contributed by atoms with Crippen LogP contribution in [0.4, 0.5) is 0 Å². The minimum Gasteiger partial charge on any atom is -0.392 e. The molecule has 2 aliphatic rings. The monoisotopic (exact) mass is 187 g/mol. The fraction of sp³-hybridized carbons (Fsp3) is 1.00. The van der Waals surface area contributed by atoms with Crippen molar-refractivity contribution in [1.29, 1.82) is 0 Å². The highest BCUT2D eigenvalue weighted by molar-refractivity contribution is 6.11. The molecule has 2 N–H and O–H groups in total. The molecule has 2 aliphatic heterocycles. The SMILES string of the molecule is B[C@@H]1O[C@@]2(CO)NOC1C2OCC. The first kappa shape index (κ1) is 9.42. The van der Waals surface area contributed by atoms with Crippen LogP contribution in [0.25, 0.3) is 0 Å². The van der Waals surface area contributed by atoms with Crippen LogP contribution in [0.2, 0.25) is 0 Å². The maximum Gasteiger partial charge on any atom is 0.192 e. The number of nitrogens with one attached hydrogen (secondary N) is 1. The van der Waals surface area contributed by atoms with Gasteiger partial charge in [-0.15, -0.1) is 0 Å². The lowest BCUT2D eigenvalue weighted by molar-refractivity contribution is -0.197. The van der Waals surface area contributed by atoms with Gasteiger partial charge in [-0.1, -0.05) is 0 Å². The van der Waals surface area contributed by atoms with Gasteiger partial charge in [0, 0.05) is 6.61 Å². The Morgan fingerprint density at radius 2 is 2.46 bits per heavy atom. The van der Waals surface area contributed by atoms with Gasteiger partial charge in [0.2, 0.25) is 0 Å². The first-order chi connectivity index (χ1) is 6.23. The van der Waals surface area contributed by atoms with E-state index in [0.29, 0.717) is 6.61 Å². The summed E-state index contributed by atoms with van der Waals surface area (Å²) < 4.78 is 11.0. The number of hydrogen-bond acceptors (Lipinski definition) is 5. The summed E-state index contributed by atoms with van der Waals surface area (Å²) in [4.78, 5) is 5.26. The number of hydroxylamine groups is 1. The van der Waals surface area contributed by atoms with Crippen LogP contribution in [0.3, 0.4) is 0 Å². The summed E-state index contributed by atoms with van der Waals surface area (Å²) in [5.41, 5.74) is 1.84.